The minimum atomic E-state index is -1.21. The number of carbonyl (C=O) groups excluding carboxylic acids is 4. The molecule has 0 unspecified atom stereocenters. The quantitative estimate of drug-likeness (QED) is 0.208. The van der Waals surface area contributed by atoms with Gasteiger partial charge in [-0.25, -0.2) is 4.79 Å². The van der Waals surface area contributed by atoms with E-state index in [-0.39, 0.29) is 30.7 Å². The molecule has 1 aromatic rings. The van der Waals surface area contributed by atoms with Crippen LogP contribution in [0.5, 0.6) is 0 Å². The Morgan fingerprint density at radius 1 is 1.00 bits per heavy atom. The second-order valence-corrected chi connectivity index (χ2v) is 13.5. The molecule has 1 aliphatic heterocycles. The maximum absolute atomic E-state index is 13.6. The lowest BCUT2D eigenvalue weighted by molar-refractivity contribution is -0.141. The Hall–Kier alpha value is -3.26. The number of nitrogens with zero attached hydrogens (tertiary/aromatic N) is 1. The van der Waals surface area contributed by atoms with Crippen molar-refractivity contribution in [3.05, 3.63) is 35.9 Å². The van der Waals surface area contributed by atoms with Crippen molar-refractivity contribution in [1.29, 1.82) is 0 Å². The Kier molecular flexibility index (Phi) is 15.6. The van der Waals surface area contributed by atoms with Gasteiger partial charge in [0.25, 0.3) is 5.91 Å². The van der Waals surface area contributed by atoms with E-state index in [1.54, 1.807) is 41.7 Å². The molecule has 266 valence electrons. The predicted octanol–water partition coefficient (Wildman–Crippen LogP) is 2.39. The molecule has 47 heavy (non-hydrogen) atoms. The van der Waals surface area contributed by atoms with Crippen LogP contribution in [0.25, 0.3) is 0 Å². The van der Waals surface area contributed by atoms with Crippen LogP contribution in [0.3, 0.4) is 0 Å². The van der Waals surface area contributed by atoms with Crippen LogP contribution in [0, 0.1) is 11.8 Å². The number of methoxy groups -OCH3 is 2. The summed E-state index contributed by atoms with van der Waals surface area (Å²) in [6, 6.07) is 7.84. The molecular formula is C34H56N4O9. The molecule has 0 spiro atoms. The van der Waals surface area contributed by atoms with E-state index in [0.717, 1.165) is 5.56 Å². The fourth-order valence-electron chi connectivity index (χ4n) is 5.70. The van der Waals surface area contributed by atoms with Crippen molar-refractivity contribution in [2.75, 3.05) is 27.8 Å². The Balaban J connectivity index is 2.06. The summed E-state index contributed by atoms with van der Waals surface area (Å²) >= 11 is 0. The smallest absolute Gasteiger partial charge is 0.408 e. The van der Waals surface area contributed by atoms with Crippen molar-refractivity contribution >= 4 is 23.8 Å². The summed E-state index contributed by atoms with van der Waals surface area (Å²) in [5, 5.41) is 19.6. The summed E-state index contributed by atoms with van der Waals surface area (Å²) in [6.07, 6.45) is -4.59. The van der Waals surface area contributed by atoms with E-state index in [0.29, 0.717) is 13.0 Å². The molecular weight excluding hydrogens is 608 g/mol. The van der Waals surface area contributed by atoms with Gasteiger partial charge in [-0.3, -0.25) is 14.4 Å². The number of alkyl carbamates (subject to hydrolysis) is 1. The summed E-state index contributed by atoms with van der Waals surface area (Å²) in [7, 11) is 4.51. The van der Waals surface area contributed by atoms with Crippen molar-refractivity contribution in [2.45, 2.75) is 116 Å². The molecule has 0 aliphatic carbocycles. The summed E-state index contributed by atoms with van der Waals surface area (Å²) in [5.74, 6) is -1.68. The highest BCUT2D eigenvalue weighted by Crippen LogP contribution is 2.27. The average Bonchev–Trinajstić information content (AvgIpc) is 3.38. The third-order valence-electron chi connectivity index (χ3n) is 8.34. The number of rotatable bonds is 16. The molecule has 2 rings (SSSR count). The minimum Gasteiger partial charge on any atom is -0.444 e. The molecule has 8 atom stereocenters. The number of carbonyl (C=O) groups is 4. The van der Waals surface area contributed by atoms with Crippen molar-refractivity contribution in [3.8, 4) is 0 Å². The molecule has 13 heteroatoms. The largest absolute Gasteiger partial charge is 0.444 e. The third kappa shape index (κ3) is 11.7. The van der Waals surface area contributed by atoms with Crippen LogP contribution in [0.2, 0.25) is 0 Å². The van der Waals surface area contributed by atoms with Gasteiger partial charge >= 0.3 is 6.09 Å². The number of benzene rings is 1. The molecule has 0 radical (unpaired) electrons. The van der Waals surface area contributed by atoms with Gasteiger partial charge in [-0.2, -0.15) is 0 Å². The maximum Gasteiger partial charge on any atom is 0.408 e. The number of hydrogen-bond acceptors (Lipinski definition) is 9. The van der Waals surface area contributed by atoms with Crippen LogP contribution in [0.15, 0.2) is 30.3 Å². The Labute approximate surface area is 279 Å². The molecule has 1 fully saturated rings. The molecule has 0 saturated carbocycles. The second kappa shape index (κ2) is 18.3. The monoisotopic (exact) mass is 664 g/mol. The lowest BCUT2D eigenvalue weighted by atomic mass is 9.90. The minimum absolute atomic E-state index is 0.00435. The van der Waals surface area contributed by atoms with Gasteiger partial charge in [0.2, 0.25) is 11.8 Å². The molecule has 1 aliphatic rings. The van der Waals surface area contributed by atoms with Gasteiger partial charge in [0, 0.05) is 34.4 Å². The van der Waals surface area contributed by atoms with Gasteiger partial charge < -0.3 is 44.9 Å². The summed E-state index contributed by atoms with van der Waals surface area (Å²) in [5.41, 5.74) is 0.191. The van der Waals surface area contributed by atoms with Gasteiger partial charge in [-0.1, -0.05) is 64.4 Å². The van der Waals surface area contributed by atoms with Crippen molar-refractivity contribution < 1.29 is 43.2 Å². The number of likely N-dealkylation sites (N-methyl/N-ethyl adjacent to an activating group) is 1. The van der Waals surface area contributed by atoms with Crippen LogP contribution in [-0.4, -0.2) is 110 Å². The first kappa shape index (κ1) is 39.9. The molecule has 1 heterocycles. The SMILES string of the molecule is CC[C@H](C)[C@@H]([C@H](O)CC(=O)NC[C@H]1O[C@@H](C(=O)NCc2ccccc2)[C@@H](OC)[C@@H]1OC)N(C)C(=O)[C@@H](NC(=O)OC(C)(C)C)C(C)C. The van der Waals surface area contributed by atoms with E-state index in [9.17, 15) is 24.3 Å². The first-order valence-electron chi connectivity index (χ1n) is 16.3. The van der Waals surface area contributed by atoms with Crippen LogP contribution in [0.1, 0.15) is 66.9 Å². The highest BCUT2D eigenvalue weighted by molar-refractivity contribution is 5.86. The average molecular weight is 665 g/mol. The zero-order chi connectivity index (χ0) is 35.5. The molecule has 4 N–H and O–H groups in total. The molecule has 1 aromatic carbocycles. The van der Waals surface area contributed by atoms with Crippen LogP contribution < -0.4 is 16.0 Å². The Bertz CT molecular complexity index is 1160. The standard InChI is InChI=1S/C34H56N4O9/c1-11-21(4)27(38(8)32(42)26(20(2)3)37-33(43)47-34(5,6)7)23(39)17-25(40)35-19-24-28(44-9)29(45-10)30(46-24)31(41)36-18-22-15-13-12-14-16-22/h12-16,20-21,23-24,26-30,39H,11,17-19H2,1-10H3,(H,35,40)(H,36,41)(H,37,43)/t21-,23+,24+,26-,27-,28+,29-,30+/m0/s1. The number of hydrogen-bond donors (Lipinski definition) is 4. The lowest BCUT2D eigenvalue weighted by Gasteiger charge is -2.38. The van der Waals surface area contributed by atoms with Gasteiger partial charge in [-0.05, 0) is 38.2 Å². The molecule has 0 aromatic heterocycles. The second-order valence-electron chi connectivity index (χ2n) is 13.5. The van der Waals surface area contributed by atoms with E-state index >= 15 is 0 Å². The predicted molar refractivity (Wildman–Crippen MR) is 176 cm³/mol. The van der Waals surface area contributed by atoms with E-state index < -0.39 is 66.1 Å². The van der Waals surface area contributed by atoms with Gasteiger partial charge in [-0.15, -0.1) is 0 Å². The zero-order valence-electron chi connectivity index (χ0n) is 29.6. The fraction of sp³-hybridized carbons (Fsp3) is 0.706. The van der Waals surface area contributed by atoms with Gasteiger partial charge in [0.15, 0.2) is 6.10 Å². The first-order valence-corrected chi connectivity index (χ1v) is 16.3. The van der Waals surface area contributed by atoms with Crippen LogP contribution in [-0.2, 0) is 39.9 Å². The number of ether oxygens (including phenoxy) is 4. The normalized spacial score (nSPS) is 22.1. The maximum atomic E-state index is 13.6. The number of aliphatic hydroxyl groups is 1. The Morgan fingerprint density at radius 3 is 2.15 bits per heavy atom. The van der Waals surface area contributed by atoms with Crippen LogP contribution >= 0.6 is 0 Å². The van der Waals surface area contributed by atoms with Gasteiger partial charge in [0.05, 0.1) is 18.6 Å². The van der Waals surface area contributed by atoms with E-state index in [1.165, 1.54) is 19.1 Å². The summed E-state index contributed by atoms with van der Waals surface area (Å²) in [4.78, 5) is 53.7. The van der Waals surface area contributed by atoms with Crippen molar-refractivity contribution in [3.63, 3.8) is 0 Å². The molecule has 4 amide bonds. The van der Waals surface area contributed by atoms with Crippen molar-refractivity contribution in [1.82, 2.24) is 20.9 Å². The number of amides is 4. The molecule has 1 saturated heterocycles. The summed E-state index contributed by atoms with van der Waals surface area (Å²) < 4.78 is 22.6. The van der Waals surface area contributed by atoms with Crippen molar-refractivity contribution in [2.24, 2.45) is 11.8 Å². The van der Waals surface area contributed by atoms with E-state index in [4.69, 9.17) is 18.9 Å². The zero-order valence-corrected chi connectivity index (χ0v) is 29.6. The highest BCUT2D eigenvalue weighted by atomic mass is 16.6. The van der Waals surface area contributed by atoms with Crippen LogP contribution in [0.4, 0.5) is 4.79 Å². The fourth-order valence-corrected chi connectivity index (χ4v) is 5.70. The molecule has 0 bridgehead atoms. The van der Waals surface area contributed by atoms with E-state index in [2.05, 4.69) is 16.0 Å². The van der Waals surface area contributed by atoms with Gasteiger partial charge in [0.1, 0.15) is 30.0 Å². The number of aliphatic hydroxyl groups excluding tert-OH is 1. The lowest BCUT2D eigenvalue weighted by Crippen LogP contribution is -2.57. The molecule has 13 nitrogen and oxygen atoms in total. The summed E-state index contributed by atoms with van der Waals surface area (Å²) in [6.45, 7) is 13.0. The number of nitrogens with one attached hydrogen (secondary N) is 3. The third-order valence-corrected chi connectivity index (χ3v) is 8.34. The Morgan fingerprint density at radius 2 is 1.62 bits per heavy atom. The first-order chi connectivity index (χ1) is 22.0. The highest BCUT2D eigenvalue weighted by Gasteiger charge is 2.48. The van der Waals surface area contributed by atoms with E-state index in [1.807, 2.05) is 44.2 Å². The topological polar surface area (TPSA) is 165 Å².